The van der Waals surface area contributed by atoms with E-state index >= 15 is 0 Å². The Bertz CT molecular complexity index is 1120. The van der Waals surface area contributed by atoms with E-state index in [1.807, 2.05) is 12.3 Å². The largest absolute Gasteiger partial charge is 0.464 e. The summed E-state index contributed by atoms with van der Waals surface area (Å²) in [6.45, 7) is 4.46. The summed E-state index contributed by atoms with van der Waals surface area (Å²) in [5, 5.41) is 3.63. The average molecular weight is 355 g/mol. The van der Waals surface area contributed by atoms with Crippen LogP contribution < -0.4 is 0 Å². The van der Waals surface area contributed by atoms with Crippen molar-refractivity contribution in [1.82, 2.24) is 4.98 Å². The minimum atomic E-state index is 0.465. The number of benzene rings is 2. The predicted molar refractivity (Wildman–Crippen MR) is 112 cm³/mol. The summed E-state index contributed by atoms with van der Waals surface area (Å²) < 4.78 is 5.85. The van der Waals surface area contributed by atoms with Gasteiger partial charge in [0.2, 0.25) is 0 Å². The van der Waals surface area contributed by atoms with E-state index in [0.717, 1.165) is 28.1 Å². The molecular weight excluding hydrogens is 330 g/mol. The van der Waals surface area contributed by atoms with E-state index in [-0.39, 0.29) is 0 Å². The number of aromatic nitrogens is 1. The predicted octanol–water partition coefficient (Wildman–Crippen LogP) is 7.43. The van der Waals surface area contributed by atoms with Gasteiger partial charge in [-0.1, -0.05) is 44.9 Å². The average Bonchev–Trinajstić information content (AvgIpc) is 3.38. The molecule has 2 nitrogen and oxygen atoms in total. The first-order chi connectivity index (χ1) is 13.2. The van der Waals surface area contributed by atoms with Crippen molar-refractivity contribution < 1.29 is 4.42 Å². The summed E-state index contributed by atoms with van der Waals surface area (Å²) in [4.78, 5) is 4.77. The molecule has 5 rings (SSSR count). The van der Waals surface area contributed by atoms with Gasteiger partial charge in [-0.2, -0.15) is 0 Å². The van der Waals surface area contributed by atoms with Crippen molar-refractivity contribution in [3.8, 4) is 11.3 Å². The van der Waals surface area contributed by atoms with Gasteiger partial charge in [-0.3, -0.25) is 4.98 Å². The third-order valence-corrected chi connectivity index (χ3v) is 6.11. The van der Waals surface area contributed by atoms with Crippen molar-refractivity contribution in [2.45, 2.75) is 51.4 Å². The number of nitrogens with zero attached hydrogens (tertiary/aromatic N) is 1. The lowest BCUT2D eigenvalue weighted by Crippen LogP contribution is -1.94. The third-order valence-electron chi connectivity index (χ3n) is 6.11. The minimum absolute atomic E-state index is 0.465. The Kier molecular flexibility index (Phi) is 4.00. The summed E-state index contributed by atoms with van der Waals surface area (Å²) in [6, 6.07) is 15.6. The van der Waals surface area contributed by atoms with E-state index in [2.05, 4.69) is 50.2 Å². The standard InChI is InChI=1S/C25H25NO/c1-16(2)21-14-20-10-12-27-25(20)23(15-21)24-22-8-7-18(17-5-3-4-6-17)13-19(22)9-11-26-24/h7-17H,3-6H2,1-2H3. The number of rotatable bonds is 3. The fourth-order valence-corrected chi connectivity index (χ4v) is 4.54. The molecule has 0 saturated heterocycles. The molecule has 4 aromatic rings. The number of fused-ring (bicyclic) bond motifs is 2. The highest BCUT2D eigenvalue weighted by Crippen LogP contribution is 2.38. The van der Waals surface area contributed by atoms with Gasteiger partial charge in [0.25, 0.3) is 0 Å². The molecule has 27 heavy (non-hydrogen) atoms. The molecule has 0 amide bonds. The highest BCUT2D eigenvalue weighted by atomic mass is 16.3. The van der Waals surface area contributed by atoms with Gasteiger partial charge in [0.1, 0.15) is 5.58 Å². The maximum absolute atomic E-state index is 5.85. The topological polar surface area (TPSA) is 26.0 Å². The van der Waals surface area contributed by atoms with Gasteiger partial charge >= 0.3 is 0 Å². The lowest BCUT2D eigenvalue weighted by molar-refractivity contribution is 0.616. The van der Waals surface area contributed by atoms with Crippen LogP contribution in [0.25, 0.3) is 33.0 Å². The Morgan fingerprint density at radius 1 is 0.963 bits per heavy atom. The zero-order valence-corrected chi connectivity index (χ0v) is 16.0. The van der Waals surface area contributed by atoms with Crippen molar-refractivity contribution in [3.05, 3.63) is 66.1 Å². The van der Waals surface area contributed by atoms with Crippen molar-refractivity contribution in [1.29, 1.82) is 0 Å². The van der Waals surface area contributed by atoms with Crippen LogP contribution in [0.15, 0.2) is 59.3 Å². The molecule has 136 valence electrons. The summed E-state index contributed by atoms with van der Waals surface area (Å²) in [5.74, 6) is 1.19. The molecule has 0 atom stereocenters. The summed E-state index contributed by atoms with van der Waals surface area (Å²) in [5.41, 5.74) is 5.85. The van der Waals surface area contributed by atoms with E-state index < -0.39 is 0 Å². The molecule has 0 N–H and O–H groups in total. The van der Waals surface area contributed by atoms with E-state index in [4.69, 9.17) is 9.40 Å². The second-order valence-electron chi connectivity index (χ2n) is 8.18. The molecule has 1 aliphatic carbocycles. The van der Waals surface area contributed by atoms with Gasteiger partial charge in [-0.25, -0.2) is 0 Å². The van der Waals surface area contributed by atoms with Crippen LogP contribution in [0.5, 0.6) is 0 Å². The highest BCUT2D eigenvalue weighted by Gasteiger charge is 2.19. The Morgan fingerprint density at radius 2 is 1.81 bits per heavy atom. The number of pyridine rings is 1. The Labute approximate surface area is 160 Å². The Hall–Kier alpha value is -2.61. The second-order valence-corrected chi connectivity index (χ2v) is 8.18. The highest BCUT2D eigenvalue weighted by molar-refractivity contribution is 6.02. The van der Waals surface area contributed by atoms with E-state index in [0.29, 0.717) is 5.92 Å². The summed E-state index contributed by atoms with van der Waals surface area (Å²) in [7, 11) is 0. The fraction of sp³-hybridized carbons (Fsp3) is 0.320. The first-order valence-corrected chi connectivity index (χ1v) is 10.1. The Balaban J connectivity index is 1.71. The van der Waals surface area contributed by atoms with Gasteiger partial charge in [-0.15, -0.1) is 0 Å². The van der Waals surface area contributed by atoms with Crippen LogP contribution in [0.4, 0.5) is 0 Å². The van der Waals surface area contributed by atoms with Gasteiger partial charge < -0.3 is 4.42 Å². The third kappa shape index (κ3) is 2.84. The van der Waals surface area contributed by atoms with Crippen molar-refractivity contribution in [3.63, 3.8) is 0 Å². The molecule has 2 aromatic carbocycles. The lowest BCUT2D eigenvalue weighted by atomic mass is 9.92. The zero-order chi connectivity index (χ0) is 18.4. The monoisotopic (exact) mass is 355 g/mol. The fourth-order valence-electron chi connectivity index (χ4n) is 4.54. The summed E-state index contributed by atoms with van der Waals surface area (Å²) >= 11 is 0. The smallest absolute Gasteiger partial charge is 0.143 e. The number of hydrogen-bond donors (Lipinski definition) is 0. The minimum Gasteiger partial charge on any atom is -0.464 e. The maximum atomic E-state index is 5.85. The van der Waals surface area contributed by atoms with Crippen molar-refractivity contribution in [2.24, 2.45) is 0 Å². The normalized spacial score (nSPS) is 15.4. The molecule has 0 aliphatic heterocycles. The molecule has 0 unspecified atom stereocenters. The van der Waals surface area contributed by atoms with E-state index in [9.17, 15) is 0 Å². The molecule has 0 bridgehead atoms. The first-order valence-electron chi connectivity index (χ1n) is 10.1. The van der Waals surface area contributed by atoms with Crippen LogP contribution in [0, 0.1) is 0 Å². The molecule has 0 radical (unpaired) electrons. The lowest BCUT2D eigenvalue weighted by Gasteiger charge is -2.14. The molecule has 2 heteroatoms. The summed E-state index contributed by atoms with van der Waals surface area (Å²) in [6.07, 6.45) is 9.10. The maximum Gasteiger partial charge on any atom is 0.143 e. The molecular formula is C25H25NO. The van der Waals surface area contributed by atoms with Gasteiger partial charge in [-0.05, 0) is 65.5 Å². The molecule has 2 heterocycles. The SMILES string of the molecule is CC(C)c1cc(-c2nccc3cc(C4CCCC4)ccc23)c2occc2c1. The molecule has 1 aliphatic rings. The van der Waals surface area contributed by atoms with Crippen LogP contribution >= 0.6 is 0 Å². The Morgan fingerprint density at radius 3 is 2.63 bits per heavy atom. The van der Waals surface area contributed by atoms with Gasteiger partial charge in [0.05, 0.1) is 12.0 Å². The van der Waals surface area contributed by atoms with Crippen LogP contribution in [-0.2, 0) is 0 Å². The number of furan rings is 1. The molecule has 2 aromatic heterocycles. The molecule has 1 fully saturated rings. The molecule has 1 saturated carbocycles. The van der Waals surface area contributed by atoms with Crippen molar-refractivity contribution in [2.75, 3.05) is 0 Å². The first kappa shape index (κ1) is 16.6. The van der Waals surface area contributed by atoms with Crippen molar-refractivity contribution >= 4 is 21.7 Å². The van der Waals surface area contributed by atoms with Crippen LogP contribution in [-0.4, -0.2) is 4.98 Å². The second kappa shape index (κ2) is 6.53. The quantitative estimate of drug-likeness (QED) is 0.382. The van der Waals surface area contributed by atoms with Gasteiger partial charge in [0, 0.05) is 22.5 Å². The molecule has 0 spiro atoms. The van der Waals surface area contributed by atoms with Crippen LogP contribution in [0.2, 0.25) is 0 Å². The number of hydrogen-bond acceptors (Lipinski definition) is 2. The zero-order valence-electron chi connectivity index (χ0n) is 16.0. The van der Waals surface area contributed by atoms with Crippen LogP contribution in [0.3, 0.4) is 0 Å². The van der Waals surface area contributed by atoms with Crippen LogP contribution in [0.1, 0.15) is 62.5 Å². The van der Waals surface area contributed by atoms with Gasteiger partial charge in [0.15, 0.2) is 0 Å². The van der Waals surface area contributed by atoms with E-state index in [1.165, 1.54) is 47.6 Å². The van der Waals surface area contributed by atoms with E-state index in [1.54, 1.807) is 6.26 Å².